The average molecular weight is 361 g/mol. The Morgan fingerprint density at radius 2 is 2.05 bits per heavy atom. The molecule has 1 rings (SSSR count). The number of benzene rings is 1. The second kappa shape index (κ2) is 6.81. The average Bonchev–Trinajstić information content (AvgIpc) is 2.25. The Morgan fingerprint density at radius 1 is 1.42 bits per heavy atom. The highest BCUT2D eigenvalue weighted by Gasteiger charge is 2.34. The Morgan fingerprint density at radius 3 is 2.53 bits per heavy atom. The highest BCUT2D eigenvalue weighted by Crippen LogP contribution is 2.39. The van der Waals surface area contributed by atoms with Crippen molar-refractivity contribution in [1.29, 1.82) is 0 Å². The second-order valence-corrected chi connectivity index (χ2v) is 5.23. The third-order valence-electron chi connectivity index (χ3n) is 2.50. The van der Waals surface area contributed by atoms with E-state index in [0.29, 0.717) is 27.4 Å². The standard InChI is InChI=1S/C12H14BrClF3NO/c1-3-18-10(6-12(15,16)17)8-4-7(14)5-9(13)11(8)19-2/h4-5,10,18H,3,6H2,1-2H3. The Bertz CT molecular complexity index is 440. The summed E-state index contributed by atoms with van der Waals surface area (Å²) in [5, 5.41) is 3.16. The van der Waals surface area contributed by atoms with E-state index >= 15 is 0 Å². The summed E-state index contributed by atoms with van der Waals surface area (Å²) in [7, 11) is 1.41. The van der Waals surface area contributed by atoms with Gasteiger partial charge in [0, 0.05) is 16.6 Å². The van der Waals surface area contributed by atoms with Crippen LogP contribution in [0.15, 0.2) is 16.6 Å². The maximum Gasteiger partial charge on any atom is 0.390 e. The summed E-state index contributed by atoms with van der Waals surface area (Å²) in [6.07, 6.45) is -5.25. The lowest BCUT2D eigenvalue weighted by atomic mass is 10.0. The first-order chi connectivity index (χ1) is 8.78. The van der Waals surface area contributed by atoms with E-state index in [1.165, 1.54) is 13.2 Å². The lowest BCUT2D eigenvalue weighted by Crippen LogP contribution is -2.27. The van der Waals surface area contributed by atoms with Crippen molar-refractivity contribution in [1.82, 2.24) is 5.32 Å². The largest absolute Gasteiger partial charge is 0.495 e. The van der Waals surface area contributed by atoms with Gasteiger partial charge in [0.2, 0.25) is 0 Å². The van der Waals surface area contributed by atoms with Gasteiger partial charge in [0.25, 0.3) is 0 Å². The van der Waals surface area contributed by atoms with Gasteiger partial charge in [0.15, 0.2) is 0 Å². The van der Waals surface area contributed by atoms with Crippen LogP contribution in [-0.2, 0) is 0 Å². The van der Waals surface area contributed by atoms with Crippen LogP contribution in [0.25, 0.3) is 0 Å². The molecule has 0 aromatic heterocycles. The smallest absolute Gasteiger partial charge is 0.390 e. The molecule has 108 valence electrons. The number of nitrogens with one attached hydrogen (secondary N) is 1. The summed E-state index contributed by atoms with van der Waals surface area (Å²) in [4.78, 5) is 0. The highest BCUT2D eigenvalue weighted by molar-refractivity contribution is 9.10. The molecule has 0 radical (unpaired) electrons. The van der Waals surface area contributed by atoms with Crippen LogP contribution < -0.4 is 10.1 Å². The third kappa shape index (κ3) is 4.85. The monoisotopic (exact) mass is 359 g/mol. The Hall–Kier alpha value is -0.460. The van der Waals surface area contributed by atoms with Crippen LogP contribution in [0.3, 0.4) is 0 Å². The first kappa shape index (κ1) is 16.6. The zero-order valence-corrected chi connectivity index (χ0v) is 12.8. The Kier molecular flexibility index (Phi) is 5.95. The van der Waals surface area contributed by atoms with E-state index in [1.807, 2.05) is 0 Å². The van der Waals surface area contributed by atoms with Crippen molar-refractivity contribution in [2.45, 2.75) is 25.6 Å². The van der Waals surface area contributed by atoms with Crippen LogP contribution in [0.5, 0.6) is 5.75 Å². The van der Waals surface area contributed by atoms with E-state index in [4.69, 9.17) is 16.3 Å². The number of hydrogen-bond donors (Lipinski definition) is 1. The SMILES string of the molecule is CCNC(CC(F)(F)F)c1cc(Cl)cc(Br)c1OC. The number of ether oxygens (including phenoxy) is 1. The van der Waals surface area contributed by atoms with Gasteiger partial charge in [-0.15, -0.1) is 0 Å². The molecule has 19 heavy (non-hydrogen) atoms. The fourth-order valence-electron chi connectivity index (χ4n) is 1.82. The first-order valence-corrected chi connectivity index (χ1v) is 6.78. The van der Waals surface area contributed by atoms with E-state index < -0.39 is 18.6 Å². The number of rotatable bonds is 5. The molecule has 0 heterocycles. The van der Waals surface area contributed by atoms with E-state index in [9.17, 15) is 13.2 Å². The van der Waals surface area contributed by atoms with Gasteiger partial charge in [0.05, 0.1) is 18.0 Å². The van der Waals surface area contributed by atoms with Gasteiger partial charge in [-0.3, -0.25) is 0 Å². The summed E-state index contributed by atoms with van der Waals surface area (Å²) >= 11 is 9.14. The molecule has 1 unspecified atom stereocenters. The molecule has 1 N–H and O–H groups in total. The fourth-order valence-corrected chi connectivity index (χ4v) is 2.82. The molecular weight excluding hydrogens is 346 g/mol. The Labute approximate surface area is 123 Å². The zero-order valence-electron chi connectivity index (χ0n) is 10.4. The molecule has 1 aromatic carbocycles. The van der Waals surface area contributed by atoms with E-state index in [2.05, 4.69) is 21.2 Å². The van der Waals surface area contributed by atoms with Crippen molar-refractivity contribution < 1.29 is 17.9 Å². The zero-order chi connectivity index (χ0) is 14.6. The number of halogens is 5. The van der Waals surface area contributed by atoms with Gasteiger partial charge in [-0.25, -0.2) is 0 Å². The van der Waals surface area contributed by atoms with Crippen molar-refractivity contribution in [2.24, 2.45) is 0 Å². The van der Waals surface area contributed by atoms with Gasteiger partial charge in [-0.05, 0) is 34.6 Å². The maximum atomic E-state index is 12.6. The van der Waals surface area contributed by atoms with Gasteiger partial charge in [0.1, 0.15) is 5.75 Å². The minimum atomic E-state index is -4.27. The van der Waals surface area contributed by atoms with Crippen LogP contribution in [0.1, 0.15) is 24.9 Å². The lowest BCUT2D eigenvalue weighted by molar-refractivity contribution is -0.140. The van der Waals surface area contributed by atoms with Gasteiger partial charge in [-0.2, -0.15) is 13.2 Å². The molecule has 0 saturated heterocycles. The molecule has 0 aliphatic rings. The van der Waals surface area contributed by atoms with E-state index in [-0.39, 0.29) is 0 Å². The van der Waals surface area contributed by atoms with Crippen molar-refractivity contribution in [3.8, 4) is 5.75 Å². The molecule has 0 aliphatic heterocycles. The summed E-state index contributed by atoms with van der Waals surface area (Å²) in [5.74, 6) is 0.361. The molecule has 1 aromatic rings. The molecule has 0 saturated carbocycles. The Balaban J connectivity index is 3.21. The molecule has 0 bridgehead atoms. The summed E-state index contributed by atoms with van der Waals surface area (Å²) in [6.45, 7) is 2.16. The first-order valence-electron chi connectivity index (χ1n) is 5.61. The van der Waals surface area contributed by atoms with Crippen molar-refractivity contribution in [2.75, 3.05) is 13.7 Å². The molecular formula is C12H14BrClF3NO. The highest BCUT2D eigenvalue weighted by atomic mass is 79.9. The molecule has 0 amide bonds. The molecule has 7 heteroatoms. The van der Waals surface area contributed by atoms with Crippen LogP contribution in [-0.4, -0.2) is 19.8 Å². The van der Waals surface area contributed by atoms with Crippen LogP contribution in [0.4, 0.5) is 13.2 Å². The van der Waals surface area contributed by atoms with Gasteiger partial charge in [-0.1, -0.05) is 18.5 Å². The molecule has 0 fully saturated rings. The minimum absolute atomic E-state index is 0.354. The second-order valence-electron chi connectivity index (χ2n) is 3.94. The van der Waals surface area contributed by atoms with Crippen molar-refractivity contribution in [3.05, 3.63) is 27.2 Å². The van der Waals surface area contributed by atoms with Crippen LogP contribution >= 0.6 is 27.5 Å². The van der Waals surface area contributed by atoms with E-state index in [1.54, 1.807) is 13.0 Å². The fraction of sp³-hybridized carbons (Fsp3) is 0.500. The van der Waals surface area contributed by atoms with Crippen molar-refractivity contribution in [3.63, 3.8) is 0 Å². The van der Waals surface area contributed by atoms with Crippen LogP contribution in [0.2, 0.25) is 5.02 Å². The third-order valence-corrected chi connectivity index (χ3v) is 3.31. The van der Waals surface area contributed by atoms with Crippen LogP contribution in [0, 0.1) is 0 Å². The molecule has 0 aliphatic carbocycles. The minimum Gasteiger partial charge on any atom is -0.495 e. The predicted molar refractivity (Wildman–Crippen MR) is 72.8 cm³/mol. The summed E-state index contributed by atoms with van der Waals surface area (Å²) < 4.78 is 43.6. The predicted octanol–water partition coefficient (Wildman–Crippen LogP) is 4.71. The molecule has 0 spiro atoms. The summed E-state index contributed by atoms with van der Waals surface area (Å²) in [5.41, 5.74) is 0.390. The number of hydrogen-bond acceptors (Lipinski definition) is 2. The van der Waals surface area contributed by atoms with Gasteiger partial charge >= 0.3 is 6.18 Å². The summed E-state index contributed by atoms with van der Waals surface area (Å²) in [6, 6.07) is 2.18. The van der Waals surface area contributed by atoms with Crippen molar-refractivity contribution >= 4 is 27.5 Å². The van der Waals surface area contributed by atoms with E-state index in [0.717, 1.165) is 0 Å². The van der Waals surface area contributed by atoms with Gasteiger partial charge < -0.3 is 10.1 Å². The number of alkyl halides is 3. The topological polar surface area (TPSA) is 21.3 Å². The lowest BCUT2D eigenvalue weighted by Gasteiger charge is -2.23. The maximum absolute atomic E-state index is 12.6. The quantitative estimate of drug-likeness (QED) is 0.821. The number of methoxy groups -OCH3 is 1. The molecule has 2 nitrogen and oxygen atoms in total. The molecule has 1 atom stereocenters. The normalized spacial score (nSPS) is 13.4.